The van der Waals surface area contributed by atoms with Crippen LogP contribution in [0, 0.1) is 6.92 Å². The molecule has 2 aromatic rings. The summed E-state index contributed by atoms with van der Waals surface area (Å²) in [5.74, 6) is 0.892. The Balaban J connectivity index is 2.48. The maximum Gasteiger partial charge on any atom is 0.236 e. The van der Waals surface area contributed by atoms with Gasteiger partial charge in [0.15, 0.2) is 0 Å². The fraction of sp³-hybridized carbons (Fsp3) is 0.278. The number of amides is 1. The number of anilines is 1. The molecule has 0 fully saturated rings. The minimum atomic E-state index is -0.411. The molecule has 2 rings (SSSR count). The summed E-state index contributed by atoms with van der Waals surface area (Å²) in [7, 11) is 3.20. The third-order valence-corrected chi connectivity index (χ3v) is 3.50. The number of methoxy groups -OCH3 is 2. The van der Waals surface area contributed by atoms with Gasteiger partial charge in [-0.25, -0.2) is 0 Å². The second kappa shape index (κ2) is 7.54. The predicted molar refractivity (Wildman–Crippen MR) is 91.0 cm³/mol. The first-order valence-electron chi connectivity index (χ1n) is 7.35. The Morgan fingerprint density at radius 3 is 2.13 bits per heavy atom. The quantitative estimate of drug-likeness (QED) is 0.853. The molecular weight excluding hydrogens is 292 g/mol. The van der Waals surface area contributed by atoms with Crippen molar-refractivity contribution >= 4 is 11.6 Å². The van der Waals surface area contributed by atoms with Crippen molar-refractivity contribution in [3.8, 4) is 11.5 Å². The third-order valence-electron chi connectivity index (χ3n) is 3.50. The summed E-state index contributed by atoms with van der Waals surface area (Å²) >= 11 is 0. The minimum absolute atomic E-state index is 0.0741. The molecule has 0 heterocycles. The highest BCUT2D eigenvalue weighted by Crippen LogP contribution is 2.39. The summed E-state index contributed by atoms with van der Waals surface area (Å²) in [5.41, 5.74) is 8.24. The number of ether oxygens (including phenoxy) is 2. The Bertz CT molecular complexity index is 646. The lowest BCUT2D eigenvalue weighted by molar-refractivity contribution is -0.116. The van der Waals surface area contributed by atoms with Gasteiger partial charge in [0, 0.05) is 6.54 Å². The van der Waals surface area contributed by atoms with E-state index in [4.69, 9.17) is 15.2 Å². The molecule has 0 unspecified atom stereocenters. The van der Waals surface area contributed by atoms with Gasteiger partial charge >= 0.3 is 0 Å². The highest BCUT2D eigenvalue weighted by molar-refractivity contribution is 5.82. The Labute approximate surface area is 136 Å². The van der Waals surface area contributed by atoms with Crippen molar-refractivity contribution in [1.29, 1.82) is 0 Å². The van der Waals surface area contributed by atoms with Gasteiger partial charge in [0.05, 0.1) is 20.8 Å². The van der Waals surface area contributed by atoms with Crippen molar-refractivity contribution in [2.75, 3.05) is 25.7 Å². The van der Waals surface area contributed by atoms with Crippen LogP contribution in [0.5, 0.6) is 11.5 Å². The van der Waals surface area contributed by atoms with Crippen molar-refractivity contribution in [2.45, 2.75) is 13.5 Å². The zero-order valence-corrected chi connectivity index (χ0v) is 13.7. The molecule has 0 aliphatic carbocycles. The van der Waals surface area contributed by atoms with Gasteiger partial charge in [-0.2, -0.15) is 0 Å². The van der Waals surface area contributed by atoms with Crippen LogP contribution in [0.4, 0.5) is 5.69 Å². The van der Waals surface area contributed by atoms with Crippen LogP contribution in [0.3, 0.4) is 0 Å². The summed E-state index contributed by atoms with van der Waals surface area (Å²) in [4.78, 5) is 13.4. The van der Waals surface area contributed by atoms with Crippen LogP contribution in [0.2, 0.25) is 0 Å². The molecule has 122 valence electrons. The lowest BCUT2D eigenvalue weighted by Crippen LogP contribution is -2.34. The van der Waals surface area contributed by atoms with E-state index in [1.165, 1.54) is 0 Å². The van der Waals surface area contributed by atoms with Crippen LogP contribution in [0.15, 0.2) is 42.5 Å². The summed E-state index contributed by atoms with van der Waals surface area (Å²) in [6.45, 7) is 2.56. The Hall–Kier alpha value is -2.69. The van der Waals surface area contributed by atoms with E-state index in [2.05, 4.69) is 0 Å². The maximum atomic E-state index is 11.5. The second-order valence-electron chi connectivity index (χ2n) is 5.33. The van der Waals surface area contributed by atoms with Crippen molar-refractivity contribution in [1.82, 2.24) is 0 Å². The van der Waals surface area contributed by atoms with E-state index in [9.17, 15) is 4.79 Å². The van der Waals surface area contributed by atoms with E-state index < -0.39 is 5.91 Å². The molecule has 0 atom stereocenters. The van der Waals surface area contributed by atoms with Crippen molar-refractivity contribution in [3.05, 3.63) is 53.6 Å². The molecule has 5 nitrogen and oxygen atoms in total. The van der Waals surface area contributed by atoms with E-state index in [0.717, 1.165) is 16.8 Å². The molecule has 2 N–H and O–H groups in total. The standard InChI is InChI=1S/C18H22N2O3/c1-13-9-15(22-2)18(16(10-13)23-3)20(12-17(19)21)11-14-7-5-4-6-8-14/h4-10H,11-12H2,1-3H3,(H2,19,21). The monoisotopic (exact) mass is 314 g/mol. The molecule has 0 aliphatic heterocycles. The van der Waals surface area contributed by atoms with Crippen LogP contribution in [-0.4, -0.2) is 26.7 Å². The topological polar surface area (TPSA) is 64.8 Å². The first kappa shape index (κ1) is 16.7. The van der Waals surface area contributed by atoms with Crippen LogP contribution in [-0.2, 0) is 11.3 Å². The lowest BCUT2D eigenvalue weighted by Gasteiger charge is -2.27. The molecule has 0 aromatic heterocycles. The van der Waals surface area contributed by atoms with Crippen molar-refractivity contribution in [2.24, 2.45) is 5.73 Å². The zero-order chi connectivity index (χ0) is 16.8. The third kappa shape index (κ3) is 4.16. The van der Waals surface area contributed by atoms with Crippen LogP contribution in [0.1, 0.15) is 11.1 Å². The molecule has 2 aromatic carbocycles. The number of hydrogen-bond donors (Lipinski definition) is 1. The molecule has 0 saturated heterocycles. The molecule has 0 radical (unpaired) electrons. The number of nitrogens with two attached hydrogens (primary N) is 1. The highest BCUT2D eigenvalue weighted by atomic mass is 16.5. The minimum Gasteiger partial charge on any atom is -0.494 e. The largest absolute Gasteiger partial charge is 0.494 e. The van der Waals surface area contributed by atoms with Gasteiger partial charge in [0.2, 0.25) is 5.91 Å². The maximum absolute atomic E-state index is 11.5. The molecule has 5 heteroatoms. The summed E-state index contributed by atoms with van der Waals surface area (Å²) < 4.78 is 11.0. The number of aryl methyl sites for hydroxylation is 1. The first-order chi connectivity index (χ1) is 11.0. The normalized spacial score (nSPS) is 10.2. The van der Waals surface area contributed by atoms with Gasteiger partial charge in [0.25, 0.3) is 0 Å². The van der Waals surface area contributed by atoms with E-state index in [1.807, 2.05) is 54.3 Å². The van der Waals surface area contributed by atoms with Crippen molar-refractivity contribution < 1.29 is 14.3 Å². The van der Waals surface area contributed by atoms with Gasteiger partial charge in [-0.05, 0) is 30.2 Å². The van der Waals surface area contributed by atoms with E-state index in [1.54, 1.807) is 14.2 Å². The lowest BCUT2D eigenvalue weighted by atomic mass is 10.1. The number of nitrogens with zero attached hydrogens (tertiary/aromatic N) is 1. The van der Waals surface area contributed by atoms with Crippen LogP contribution >= 0.6 is 0 Å². The Kier molecular flexibility index (Phi) is 5.46. The SMILES string of the molecule is COc1cc(C)cc(OC)c1N(CC(N)=O)Cc1ccccc1. The fourth-order valence-corrected chi connectivity index (χ4v) is 2.54. The van der Waals surface area contributed by atoms with E-state index >= 15 is 0 Å². The highest BCUT2D eigenvalue weighted by Gasteiger charge is 2.20. The molecule has 23 heavy (non-hydrogen) atoms. The average molecular weight is 314 g/mol. The van der Waals surface area contributed by atoms with Crippen LogP contribution in [0.25, 0.3) is 0 Å². The van der Waals surface area contributed by atoms with Crippen molar-refractivity contribution in [3.63, 3.8) is 0 Å². The number of primary amides is 1. The number of hydrogen-bond acceptors (Lipinski definition) is 4. The Morgan fingerprint density at radius 1 is 1.09 bits per heavy atom. The first-order valence-corrected chi connectivity index (χ1v) is 7.35. The molecule has 0 bridgehead atoms. The second-order valence-corrected chi connectivity index (χ2v) is 5.33. The number of rotatable bonds is 7. The molecule has 0 spiro atoms. The number of benzene rings is 2. The molecule has 0 saturated carbocycles. The molecule has 0 aliphatic rings. The van der Waals surface area contributed by atoms with E-state index in [-0.39, 0.29) is 6.54 Å². The molecular formula is C18H22N2O3. The predicted octanol–water partition coefficient (Wildman–Crippen LogP) is 2.50. The summed E-state index contributed by atoms with van der Waals surface area (Å²) in [6, 6.07) is 13.7. The van der Waals surface area contributed by atoms with E-state index in [0.29, 0.717) is 18.0 Å². The fourth-order valence-electron chi connectivity index (χ4n) is 2.54. The van der Waals surface area contributed by atoms with Crippen LogP contribution < -0.4 is 20.1 Å². The van der Waals surface area contributed by atoms with Gasteiger partial charge < -0.3 is 20.1 Å². The smallest absolute Gasteiger partial charge is 0.236 e. The van der Waals surface area contributed by atoms with Gasteiger partial charge in [0.1, 0.15) is 17.2 Å². The van der Waals surface area contributed by atoms with Gasteiger partial charge in [-0.15, -0.1) is 0 Å². The van der Waals surface area contributed by atoms with Gasteiger partial charge in [-0.1, -0.05) is 30.3 Å². The molecule has 1 amide bonds. The number of carbonyl (C=O) groups excluding carboxylic acids is 1. The Morgan fingerprint density at radius 2 is 1.65 bits per heavy atom. The average Bonchev–Trinajstić information content (AvgIpc) is 2.53. The zero-order valence-electron chi connectivity index (χ0n) is 13.7. The summed E-state index contributed by atoms with van der Waals surface area (Å²) in [6.07, 6.45) is 0. The summed E-state index contributed by atoms with van der Waals surface area (Å²) in [5, 5.41) is 0. The van der Waals surface area contributed by atoms with Gasteiger partial charge in [-0.3, -0.25) is 4.79 Å². The number of carbonyl (C=O) groups is 1.